The van der Waals surface area contributed by atoms with Crippen molar-refractivity contribution in [1.82, 2.24) is 9.97 Å². The maximum Gasteiger partial charge on any atom is 0.335 e. The Morgan fingerprint density at radius 2 is 1.97 bits per heavy atom. The quantitative estimate of drug-likeness (QED) is 0.344. The number of thiophene rings is 1. The van der Waals surface area contributed by atoms with Gasteiger partial charge in [0.2, 0.25) is 0 Å². The summed E-state index contributed by atoms with van der Waals surface area (Å²) in [5.74, 6) is 0.721. The van der Waals surface area contributed by atoms with E-state index in [1.54, 1.807) is 30.6 Å². The molecule has 7 heteroatoms. The highest BCUT2D eigenvalue weighted by molar-refractivity contribution is 7.17. The van der Waals surface area contributed by atoms with Crippen molar-refractivity contribution < 1.29 is 14.6 Å². The summed E-state index contributed by atoms with van der Waals surface area (Å²) in [6.45, 7) is 2.73. The molecule has 2 N–H and O–H groups in total. The molecule has 0 aliphatic carbocycles. The Morgan fingerprint density at radius 1 is 1.09 bits per heavy atom. The van der Waals surface area contributed by atoms with Crippen molar-refractivity contribution >= 4 is 33.2 Å². The van der Waals surface area contributed by atoms with Gasteiger partial charge in [0.25, 0.3) is 0 Å². The minimum Gasteiger partial charge on any atom is -0.496 e. The van der Waals surface area contributed by atoms with Gasteiger partial charge in [-0.15, -0.1) is 11.3 Å². The Hall–Kier alpha value is -3.45. The van der Waals surface area contributed by atoms with Gasteiger partial charge in [-0.2, -0.15) is 0 Å². The zero-order valence-electron chi connectivity index (χ0n) is 18.1. The number of rotatable bonds is 9. The molecule has 0 bridgehead atoms. The van der Waals surface area contributed by atoms with Crippen molar-refractivity contribution in [3.8, 4) is 17.0 Å². The summed E-state index contributed by atoms with van der Waals surface area (Å²) in [5.41, 5.74) is 3.96. The fraction of sp³-hybridized carbons (Fsp3) is 0.240. The van der Waals surface area contributed by atoms with E-state index in [2.05, 4.69) is 38.9 Å². The number of ether oxygens (including phenoxy) is 1. The number of aromatic carboxylic acids is 1. The van der Waals surface area contributed by atoms with E-state index in [-0.39, 0.29) is 0 Å². The molecule has 6 nitrogen and oxygen atoms in total. The first kappa shape index (κ1) is 21.8. The number of carboxylic acids is 1. The van der Waals surface area contributed by atoms with Crippen molar-refractivity contribution in [3.05, 3.63) is 70.9 Å². The lowest BCUT2D eigenvalue weighted by Crippen LogP contribution is -2.08. The van der Waals surface area contributed by atoms with Crippen molar-refractivity contribution in [3.63, 3.8) is 0 Å². The number of anilines is 1. The number of benzene rings is 2. The molecule has 0 unspecified atom stereocenters. The van der Waals surface area contributed by atoms with Crippen LogP contribution in [-0.2, 0) is 12.8 Å². The Bertz CT molecular complexity index is 1250. The number of hydrogen-bond donors (Lipinski definition) is 2. The first-order valence-electron chi connectivity index (χ1n) is 10.6. The number of aryl methyl sites for hydroxylation is 1. The van der Waals surface area contributed by atoms with Gasteiger partial charge >= 0.3 is 5.97 Å². The summed E-state index contributed by atoms with van der Waals surface area (Å²) in [4.78, 5) is 20.2. The zero-order valence-corrected chi connectivity index (χ0v) is 18.9. The third kappa shape index (κ3) is 4.73. The number of methoxy groups -OCH3 is 1. The van der Waals surface area contributed by atoms with E-state index in [1.165, 1.54) is 16.4 Å². The Morgan fingerprint density at radius 3 is 2.75 bits per heavy atom. The van der Waals surface area contributed by atoms with Crippen LogP contribution in [0, 0.1) is 0 Å². The molecule has 0 fully saturated rings. The zero-order chi connectivity index (χ0) is 22.5. The van der Waals surface area contributed by atoms with Crippen LogP contribution in [0.15, 0.2) is 54.2 Å². The molecule has 0 saturated heterocycles. The summed E-state index contributed by atoms with van der Waals surface area (Å²) >= 11 is 1.71. The van der Waals surface area contributed by atoms with E-state index in [4.69, 9.17) is 4.74 Å². The summed E-state index contributed by atoms with van der Waals surface area (Å²) in [6, 6.07) is 13.7. The highest BCUT2D eigenvalue weighted by Gasteiger charge is 2.12. The Labute approximate surface area is 190 Å². The van der Waals surface area contributed by atoms with Crippen molar-refractivity contribution in [2.75, 3.05) is 19.0 Å². The van der Waals surface area contributed by atoms with Crippen LogP contribution in [0.1, 0.15) is 34.8 Å². The van der Waals surface area contributed by atoms with Crippen LogP contribution >= 0.6 is 11.3 Å². The molecule has 2 heterocycles. The number of aromatic nitrogens is 2. The summed E-state index contributed by atoms with van der Waals surface area (Å²) in [7, 11) is 1.70. The van der Waals surface area contributed by atoms with Crippen LogP contribution in [0.4, 0.5) is 5.82 Å². The van der Waals surface area contributed by atoms with Gasteiger partial charge in [-0.1, -0.05) is 19.4 Å². The van der Waals surface area contributed by atoms with Crippen LogP contribution in [0.5, 0.6) is 5.75 Å². The van der Waals surface area contributed by atoms with Gasteiger partial charge in [0.1, 0.15) is 17.9 Å². The maximum absolute atomic E-state index is 11.5. The number of nitrogens with one attached hydrogen (secondary N) is 1. The molecule has 2 aromatic heterocycles. The topological polar surface area (TPSA) is 84.3 Å². The number of fused-ring (bicyclic) bond motifs is 1. The molecular weight excluding hydrogens is 422 g/mol. The molecule has 32 heavy (non-hydrogen) atoms. The molecule has 164 valence electrons. The minimum absolute atomic E-state index is 0.347. The Kier molecular flexibility index (Phi) is 6.66. The monoisotopic (exact) mass is 447 g/mol. The van der Waals surface area contributed by atoms with Gasteiger partial charge in [0.15, 0.2) is 0 Å². The maximum atomic E-state index is 11.5. The smallest absolute Gasteiger partial charge is 0.335 e. The molecule has 0 amide bonds. The summed E-state index contributed by atoms with van der Waals surface area (Å²) in [5, 5.41) is 16.1. The van der Waals surface area contributed by atoms with Crippen LogP contribution in [-0.4, -0.2) is 34.7 Å². The standard InChI is InChI=1S/C25H25N3O3S/c1-3-4-16-11-17(5-6-20(16)25(29)30)21-13-24(28-15-27-21)26-9-7-18-12-19-8-10-32-23(19)14-22(18)31-2/h5-6,8,10-15H,3-4,7,9H2,1-2H3,(H,29,30)(H,26,27,28). The van der Waals surface area contributed by atoms with Gasteiger partial charge in [0.05, 0.1) is 18.4 Å². The second-order valence-electron chi connectivity index (χ2n) is 7.51. The number of carboxylic acid groups (broad SMARTS) is 1. The second-order valence-corrected chi connectivity index (χ2v) is 8.46. The molecule has 0 atom stereocenters. The van der Waals surface area contributed by atoms with Crippen LogP contribution in [0.2, 0.25) is 0 Å². The van der Waals surface area contributed by atoms with Gasteiger partial charge in [-0.3, -0.25) is 0 Å². The first-order valence-corrected chi connectivity index (χ1v) is 11.4. The molecule has 0 spiro atoms. The van der Waals surface area contributed by atoms with Gasteiger partial charge in [-0.25, -0.2) is 14.8 Å². The van der Waals surface area contributed by atoms with E-state index in [0.717, 1.165) is 46.8 Å². The lowest BCUT2D eigenvalue weighted by molar-refractivity contribution is 0.0695. The van der Waals surface area contributed by atoms with E-state index in [0.29, 0.717) is 18.5 Å². The first-order chi connectivity index (χ1) is 15.6. The molecular formula is C25H25N3O3S. The van der Waals surface area contributed by atoms with Crippen molar-refractivity contribution in [2.45, 2.75) is 26.2 Å². The number of carbonyl (C=O) groups is 1. The third-order valence-electron chi connectivity index (χ3n) is 5.37. The van der Waals surface area contributed by atoms with E-state index in [9.17, 15) is 9.90 Å². The largest absolute Gasteiger partial charge is 0.496 e. The highest BCUT2D eigenvalue weighted by Crippen LogP contribution is 2.30. The van der Waals surface area contributed by atoms with Gasteiger partial charge in [0, 0.05) is 22.9 Å². The van der Waals surface area contributed by atoms with Crippen molar-refractivity contribution in [2.24, 2.45) is 0 Å². The van der Waals surface area contributed by atoms with Crippen LogP contribution in [0.3, 0.4) is 0 Å². The lowest BCUT2D eigenvalue weighted by atomic mass is 9.99. The van der Waals surface area contributed by atoms with E-state index in [1.807, 2.05) is 19.1 Å². The van der Waals surface area contributed by atoms with E-state index < -0.39 is 5.97 Å². The minimum atomic E-state index is -0.902. The predicted octanol–water partition coefficient (Wildman–Crippen LogP) is 5.67. The molecule has 4 rings (SSSR count). The second kappa shape index (κ2) is 9.78. The predicted molar refractivity (Wildman–Crippen MR) is 129 cm³/mol. The molecule has 4 aromatic rings. The summed E-state index contributed by atoms with van der Waals surface area (Å²) in [6.07, 6.45) is 3.91. The molecule has 0 radical (unpaired) electrons. The number of hydrogen-bond acceptors (Lipinski definition) is 6. The van der Waals surface area contributed by atoms with Gasteiger partial charge < -0.3 is 15.2 Å². The molecule has 0 aliphatic heterocycles. The fourth-order valence-corrected chi connectivity index (χ4v) is 4.60. The van der Waals surface area contributed by atoms with Crippen molar-refractivity contribution in [1.29, 1.82) is 0 Å². The highest BCUT2D eigenvalue weighted by atomic mass is 32.1. The average molecular weight is 448 g/mol. The molecule has 0 aliphatic rings. The third-order valence-corrected chi connectivity index (χ3v) is 6.25. The molecule has 2 aromatic carbocycles. The normalized spacial score (nSPS) is 10.9. The molecule has 0 saturated carbocycles. The SMILES string of the molecule is CCCc1cc(-c2cc(NCCc3cc4ccsc4cc3OC)ncn2)ccc1C(=O)O. The number of nitrogens with zero attached hydrogens (tertiary/aromatic N) is 2. The van der Waals surface area contributed by atoms with Crippen LogP contribution in [0.25, 0.3) is 21.3 Å². The lowest BCUT2D eigenvalue weighted by Gasteiger charge is -2.11. The van der Waals surface area contributed by atoms with Crippen LogP contribution < -0.4 is 10.1 Å². The average Bonchev–Trinajstić information content (AvgIpc) is 3.26. The van der Waals surface area contributed by atoms with E-state index >= 15 is 0 Å². The Balaban J connectivity index is 1.49. The van der Waals surface area contributed by atoms with Gasteiger partial charge in [-0.05, 0) is 65.1 Å². The fourth-order valence-electron chi connectivity index (χ4n) is 3.80. The summed E-state index contributed by atoms with van der Waals surface area (Å²) < 4.78 is 6.79.